The SMILES string of the molecule is Cc1ccc(N)cc1C(=O)Nc1ncc[nH]1. The Hall–Kier alpha value is -2.30. The average Bonchev–Trinajstić information content (AvgIpc) is 2.74. The third-order valence-corrected chi connectivity index (χ3v) is 2.24. The monoisotopic (exact) mass is 216 g/mol. The van der Waals surface area contributed by atoms with E-state index in [-0.39, 0.29) is 5.91 Å². The molecule has 0 fully saturated rings. The number of carbonyl (C=O) groups excluding carboxylic acids is 1. The largest absolute Gasteiger partial charge is 0.399 e. The minimum Gasteiger partial charge on any atom is -0.399 e. The van der Waals surface area contributed by atoms with E-state index in [4.69, 9.17) is 5.73 Å². The summed E-state index contributed by atoms with van der Waals surface area (Å²) < 4.78 is 0. The van der Waals surface area contributed by atoms with Gasteiger partial charge in [0.15, 0.2) is 0 Å². The average molecular weight is 216 g/mol. The van der Waals surface area contributed by atoms with Gasteiger partial charge in [0.1, 0.15) is 0 Å². The van der Waals surface area contributed by atoms with Crippen molar-refractivity contribution in [2.24, 2.45) is 0 Å². The zero-order valence-electron chi connectivity index (χ0n) is 8.82. The van der Waals surface area contributed by atoms with Crippen molar-refractivity contribution in [2.75, 3.05) is 11.1 Å². The number of nitrogen functional groups attached to an aromatic ring is 1. The molecule has 0 aliphatic rings. The summed E-state index contributed by atoms with van der Waals surface area (Å²) in [7, 11) is 0. The second kappa shape index (κ2) is 4.06. The van der Waals surface area contributed by atoms with Crippen molar-refractivity contribution in [3.63, 3.8) is 0 Å². The molecule has 2 aromatic rings. The van der Waals surface area contributed by atoms with Gasteiger partial charge in [0.25, 0.3) is 5.91 Å². The van der Waals surface area contributed by atoms with Gasteiger partial charge in [0.2, 0.25) is 5.95 Å². The van der Waals surface area contributed by atoms with Gasteiger partial charge in [0.05, 0.1) is 0 Å². The Morgan fingerprint density at radius 2 is 2.31 bits per heavy atom. The first-order valence-electron chi connectivity index (χ1n) is 4.83. The Balaban J connectivity index is 2.24. The number of benzene rings is 1. The number of anilines is 2. The number of hydrogen-bond acceptors (Lipinski definition) is 3. The van der Waals surface area contributed by atoms with Crippen molar-refractivity contribution in [1.82, 2.24) is 9.97 Å². The maximum absolute atomic E-state index is 11.9. The Morgan fingerprint density at radius 3 is 3.00 bits per heavy atom. The lowest BCUT2D eigenvalue weighted by molar-refractivity contribution is 0.102. The van der Waals surface area contributed by atoms with Crippen LogP contribution in [0.3, 0.4) is 0 Å². The van der Waals surface area contributed by atoms with Crippen molar-refractivity contribution in [3.05, 3.63) is 41.7 Å². The fourth-order valence-corrected chi connectivity index (χ4v) is 1.39. The predicted molar refractivity (Wildman–Crippen MR) is 62.1 cm³/mol. The first-order valence-corrected chi connectivity index (χ1v) is 4.83. The van der Waals surface area contributed by atoms with Crippen LogP contribution in [0, 0.1) is 6.92 Å². The van der Waals surface area contributed by atoms with Crippen LogP contribution in [0.15, 0.2) is 30.6 Å². The minimum absolute atomic E-state index is 0.222. The Labute approximate surface area is 92.7 Å². The molecule has 0 bridgehead atoms. The summed E-state index contributed by atoms with van der Waals surface area (Å²) in [5.41, 5.74) is 7.63. The third kappa shape index (κ3) is 2.03. The zero-order chi connectivity index (χ0) is 11.5. The van der Waals surface area contributed by atoms with Crippen LogP contribution in [-0.4, -0.2) is 15.9 Å². The van der Waals surface area contributed by atoms with Gasteiger partial charge in [-0.05, 0) is 24.6 Å². The maximum Gasteiger partial charge on any atom is 0.258 e. The van der Waals surface area contributed by atoms with Crippen molar-refractivity contribution in [1.29, 1.82) is 0 Å². The predicted octanol–water partition coefficient (Wildman–Crippen LogP) is 1.55. The first kappa shape index (κ1) is 10.2. The van der Waals surface area contributed by atoms with Gasteiger partial charge in [-0.3, -0.25) is 10.1 Å². The van der Waals surface area contributed by atoms with E-state index in [0.29, 0.717) is 17.2 Å². The topological polar surface area (TPSA) is 83.8 Å². The lowest BCUT2D eigenvalue weighted by Crippen LogP contribution is -2.14. The molecule has 0 radical (unpaired) electrons. The Bertz CT molecular complexity index is 505. The molecular weight excluding hydrogens is 204 g/mol. The highest BCUT2D eigenvalue weighted by Gasteiger charge is 2.10. The number of H-pyrrole nitrogens is 1. The number of aromatic nitrogens is 2. The van der Waals surface area contributed by atoms with Crippen LogP contribution < -0.4 is 11.1 Å². The summed E-state index contributed by atoms with van der Waals surface area (Å²) in [5, 5.41) is 2.65. The van der Waals surface area contributed by atoms with Crippen LogP contribution in [0.1, 0.15) is 15.9 Å². The number of nitrogens with one attached hydrogen (secondary N) is 2. The van der Waals surface area contributed by atoms with E-state index in [1.165, 1.54) is 0 Å². The molecule has 0 aliphatic heterocycles. The van der Waals surface area contributed by atoms with E-state index in [1.54, 1.807) is 24.5 Å². The maximum atomic E-state index is 11.9. The van der Waals surface area contributed by atoms with Crippen LogP contribution in [0.2, 0.25) is 0 Å². The van der Waals surface area contributed by atoms with Crippen LogP contribution in [-0.2, 0) is 0 Å². The van der Waals surface area contributed by atoms with E-state index in [2.05, 4.69) is 15.3 Å². The summed E-state index contributed by atoms with van der Waals surface area (Å²) in [6, 6.07) is 5.22. The molecule has 5 heteroatoms. The molecule has 4 N–H and O–H groups in total. The molecular formula is C11H12N4O. The van der Waals surface area contributed by atoms with Crippen molar-refractivity contribution in [2.45, 2.75) is 6.92 Å². The number of imidazole rings is 1. The fraction of sp³-hybridized carbons (Fsp3) is 0.0909. The molecule has 1 amide bonds. The summed E-state index contributed by atoms with van der Waals surface area (Å²) in [4.78, 5) is 18.6. The second-order valence-electron chi connectivity index (χ2n) is 3.47. The van der Waals surface area contributed by atoms with Gasteiger partial charge in [-0.1, -0.05) is 6.07 Å². The van der Waals surface area contributed by atoms with E-state index in [1.807, 2.05) is 13.0 Å². The molecule has 1 heterocycles. The van der Waals surface area contributed by atoms with Gasteiger partial charge >= 0.3 is 0 Å². The van der Waals surface area contributed by atoms with Crippen molar-refractivity contribution >= 4 is 17.5 Å². The Morgan fingerprint density at radius 1 is 1.50 bits per heavy atom. The molecule has 0 aliphatic carbocycles. The number of aryl methyl sites for hydroxylation is 1. The van der Waals surface area contributed by atoms with Gasteiger partial charge in [-0.2, -0.15) is 0 Å². The normalized spacial score (nSPS) is 10.1. The highest BCUT2D eigenvalue weighted by Crippen LogP contribution is 2.13. The lowest BCUT2D eigenvalue weighted by Gasteiger charge is -2.06. The van der Waals surface area contributed by atoms with Crippen LogP contribution in [0.25, 0.3) is 0 Å². The molecule has 0 saturated carbocycles. The molecule has 82 valence electrons. The van der Waals surface area contributed by atoms with Crippen molar-refractivity contribution in [3.8, 4) is 0 Å². The van der Waals surface area contributed by atoms with Crippen molar-refractivity contribution < 1.29 is 4.79 Å². The summed E-state index contributed by atoms with van der Waals surface area (Å²) >= 11 is 0. The molecule has 1 aromatic carbocycles. The standard InChI is InChI=1S/C11H12N4O/c1-7-2-3-8(12)6-9(7)10(16)15-11-13-4-5-14-11/h2-6H,12H2,1H3,(H2,13,14,15,16). The summed E-state index contributed by atoms with van der Waals surface area (Å²) in [6.07, 6.45) is 3.21. The number of nitrogens with zero attached hydrogens (tertiary/aromatic N) is 1. The Kier molecular flexibility index (Phi) is 2.59. The van der Waals surface area contributed by atoms with Gasteiger partial charge in [-0.15, -0.1) is 0 Å². The smallest absolute Gasteiger partial charge is 0.258 e. The molecule has 0 saturated heterocycles. The van der Waals surface area contributed by atoms with Crippen LogP contribution in [0.4, 0.5) is 11.6 Å². The number of nitrogens with two attached hydrogens (primary N) is 1. The molecule has 0 atom stereocenters. The molecule has 2 rings (SSSR count). The fourth-order valence-electron chi connectivity index (χ4n) is 1.39. The van der Waals surface area contributed by atoms with Gasteiger partial charge in [-0.25, -0.2) is 4.98 Å². The molecule has 1 aromatic heterocycles. The highest BCUT2D eigenvalue weighted by atomic mass is 16.1. The van der Waals surface area contributed by atoms with E-state index < -0.39 is 0 Å². The van der Waals surface area contributed by atoms with Gasteiger partial charge in [0, 0.05) is 23.6 Å². The number of aromatic amines is 1. The summed E-state index contributed by atoms with van der Waals surface area (Å²) in [5.74, 6) is 0.201. The third-order valence-electron chi connectivity index (χ3n) is 2.24. The number of amides is 1. The molecule has 0 unspecified atom stereocenters. The van der Waals surface area contributed by atoms with E-state index >= 15 is 0 Å². The van der Waals surface area contributed by atoms with E-state index in [0.717, 1.165) is 5.56 Å². The minimum atomic E-state index is -0.222. The molecule has 5 nitrogen and oxygen atoms in total. The second-order valence-corrected chi connectivity index (χ2v) is 3.47. The number of rotatable bonds is 2. The van der Waals surface area contributed by atoms with Crippen LogP contribution in [0.5, 0.6) is 0 Å². The highest BCUT2D eigenvalue weighted by molar-refractivity contribution is 6.04. The summed E-state index contributed by atoms with van der Waals surface area (Å²) in [6.45, 7) is 1.86. The quantitative estimate of drug-likeness (QED) is 0.666. The zero-order valence-corrected chi connectivity index (χ0v) is 8.82. The number of hydrogen-bond donors (Lipinski definition) is 3. The molecule has 0 spiro atoms. The lowest BCUT2D eigenvalue weighted by atomic mass is 10.1. The van der Waals surface area contributed by atoms with Crippen LogP contribution >= 0.6 is 0 Å². The van der Waals surface area contributed by atoms with E-state index in [9.17, 15) is 4.79 Å². The number of carbonyl (C=O) groups is 1. The first-order chi connectivity index (χ1) is 7.66. The molecule has 16 heavy (non-hydrogen) atoms. The van der Waals surface area contributed by atoms with Gasteiger partial charge < -0.3 is 10.7 Å².